The van der Waals surface area contributed by atoms with Crippen LogP contribution < -0.4 is 0 Å². The van der Waals surface area contributed by atoms with E-state index >= 15 is 0 Å². The largest absolute Gasteiger partial charge is 0.323 e. The van der Waals surface area contributed by atoms with Crippen LogP contribution in [0.2, 0.25) is 0 Å². The Balaban J connectivity index is 2.54. The lowest BCUT2D eigenvalue weighted by Crippen LogP contribution is -2.54. The highest BCUT2D eigenvalue weighted by Crippen LogP contribution is 2.14. The molecule has 0 aromatic carbocycles. The Hall–Kier alpha value is -0.770. The third-order valence-corrected chi connectivity index (χ3v) is 3.07. The molecule has 4 nitrogen and oxygen atoms in total. The number of carbonyl (C=O) groups is 1. The molecule has 0 spiro atoms. The number of urea groups is 1. The second-order valence-electron chi connectivity index (χ2n) is 5.30. The summed E-state index contributed by atoms with van der Waals surface area (Å²) < 4.78 is 0. The van der Waals surface area contributed by atoms with Gasteiger partial charge in [0.2, 0.25) is 0 Å². The molecule has 1 heterocycles. The second kappa shape index (κ2) is 4.39. The fourth-order valence-electron chi connectivity index (χ4n) is 1.50. The van der Waals surface area contributed by atoms with E-state index in [-0.39, 0.29) is 11.6 Å². The van der Waals surface area contributed by atoms with Gasteiger partial charge in [0.25, 0.3) is 0 Å². The van der Waals surface area contributed by atoms with Gasteiger partial charge in [-0.05, 0) is 27.8 Å². The molecule has 0 atom stereocenters. The first-order valence-electron chi connectivity index (χ1n) is 5.53. The number of likely N-dealkylation sites (N-methyl/N-ethyl adjacent to an activating group) is 1. The van der Waals surface area contributed by atoms with E-state index in [1.807, 2.05) is 16.8 Å². The summed E-state index contributed by atoms with van der Waals surface area (Å²) >= 11 is 0. The zero-order valence-electron chi connectivity index (χ0n) is 10.6. The molecule has 1 aliphatic heterocycles. The van der Waals surface area contributed by atoms with Crippen molar-refractivity contribution < 1.29 is 4.79 Å². The summed E-state index contributed by atoms with van der Waals surface area (Å²) in [5.41, 5.74) is -0.0968. The number of hydrogen-bond donors (Lipinski definition) is 0. The van der Waals surface area contributed by atoms with Gasteiger partial charge in [0.05, 0.1) is 0 Å². The minimum atomic E-state index is -0.0968. The van der Waals surface area contributed by atoms with Crippen LogP contribution in [-0.4, -0.2) is 66.5 Å². The van der Waals surface area contributed by atoms with Crippen LogP contribution in [0.15, 0.2) is 0 Å². The van der Waals surface area contributed by atoms with Crippen molar-refractivity contribution >= 4 is 6.03 Å². The predicted octanol–water partition coefficient (Wildman–Crippen LogP) is 1.08. The number of rotatable bonds is 0. The van der Waals surface area contributed by atoms with Crippen LogP contribution in [0.3, 0.4) is 0 Å². The van der Waals surface area contributed by atoms with Gasteiger partial charge in [-0.15, -0.1) is 0 Å². The quantitative estimate of drug-likeness (QED) is 0.602. The van der Waals surface area contributed by atoms with Gasteiger partial charge in [0.15, 0.2) is 0 Å². The van der Waals surface area contributed by atoms with Gasteiger partial charge in [-0.2, -0.15) is 0 Å². The average Bonchev–Trinajstić information content (AvgIpc) is 2.15. The monoisotopic (exact) mass is 213 g/mol. The molecule has 1 saturated heterocycles. The van der Waals surface area contributed by atoms with Crippen molar-refractivity contribution in [3.05, 3.63) is 0 Å². The highest BCUT2D eigenvalue weighted by atomic mass is 16.2. The third-order valence-electron chi connectivity index (χ3n) is 3.07. The van der Waals surface area contributed by atoms with Crippen molar-refractivity contribution in [3.8, 4) is 0 Å². The number of amides is 2. The fourth-order valence-corrected chi connectivity index (χ4v) is 1.50. The van der Waals surface area contributed by atoms with E-state index in [1.54, 1.807) is 0 Å². The first-order valence-corrected chi connectivity index (χ1v) is 5.53. The predicted molar refractivity (Wildman–Crippen MR) is 62.0 cm³/mol. The summed E-state index contributed by atoms with van der Waals surface area (Å²) in [6, 6.07) is 0.149. The molecule has 15 heavy (non-hydrogen) atoms. The van der Waals surface area contributed by atoms with Gasteiger partial charge in [-0.25, -0.2) is 4.79 Å². The number of carbonyl (C=O) groups excluding carboxylic acids is 1. The highest BCUT2D eigenvalue weighted by Gasteiger charge is 2.28. The molecule has 2 amide bonds. The Bertz CT molecular complexity index is 226. The van der Waals surface area contributed by atoms with Gasteiger partial charge >= 0.3 is 6.03 Å². The van der Waals surface area contributed by atoms with Crippen LogP contribution in [0, 0.1) is 0 Å². The van der Waals surface area contributed by atoms with Crippen molar-refractivity contribution in [1.82, 2.24) is 14.7 Å². The number of piperazine rings is 1. The normalized spacial score (nSPS) is 19.1. The average molecular weight is 213 g/mol. The highest BCUT2D eigenvalue weighted by molar-refractivity contribution is 5.75. The molecule has 88 valence electrons. The van der Waals surface area contributed by atoms with E-state index in [1.165, 1.54) is 0 Å². The van der Waals surface area contributed by atoms with Gasteiger partial charge in [-0.1, -0.05) is 0 Å². The summed E-state index contributed by atoms with van der Waals surface area (Å²) in [5.74, 6) is 0. The molecule has 0 aliphatic carbocycles. The van der Waals surface area contributed by atoms with Gasteiger partial charge < -0.3 is 14.7 Å². The summed E-state index contributed by atoms with van der Waals surface area (Å²) in [7, 11) is 3.97. The van der Waals surface area contributed by atoms with Crippen LogP contribution in [0.4, 0.5) is 4.79 Å². The molecular weight excluding hydrogens is 190 g/mol. The lowest BCUT2D eigenvalue weighted by atomic mass is 10.1. The van der Waals surface area contributed by atoms with Gasteiger partial charge in [-0.3, -0.25) is 0 Å². The minimum Gasteiger partial charge on any atom is -0.323 e. The lowest BCUT2D eigenvalue weighted by molar-refractivity contribution is 0.103. The first-order chi connectivity index (χ1) is 6.82. The molecule has 0 unspecified atom stereocenters. The molecule has 1 fully saturated rings. The van der Waals surface area contributed by atoms with Crippen molar-refractivity contribution in [3.63, 3.8) is 0 Å². The Labute approximate surface area is 92.8 Å². The summed E-state index contributed by atoms with van der Waals surface area (Å²) in [6.45, 7) is 9.81. The topological polar surface area (TPSA) is 26.8 Å². The molecule has 0 aromatic rings. The molecule has 0 N–H and O–H groups in total. The van der Waals surface area contributed by atoms with Crippen LogP contribution in [0.25, 0.3) is 0 Å². The zero-order chi connectivity index (χ0) is 11.6. The Morgan fingerprint density at radius 3 is 2.00 bits per heavy atom. The first kappa shape index (κ1) is 12.3. The van der Waals surface area contributed by atoms with Crippen molar-refractivity contribution in [2.75, 3.05) is 40.3 Å². The maximum atomic E-state index is 12.1. The smallest absolute Gasteiger partial charge is 0.320 e. The summed E-state index contributed by atoms with van der Waals surface area (Å²) in [4.78, 5) is 18.1. The van der Waals surface area contributed by atoms with E-state index in [4.69, 9.17) is 0 Å². The van der Waals surface area contributed by atoms with Crippen LogP contribution in [0.1, 0.15) is 20.8 Å². The second-order valence-corrected chi connectivity index (χ2v) is 5.30. The van der Waals surface area contributed by atoms with Crippen LogP contribution >= 0.6 is 0 Å². The minimum absolute atomic E-state index is 0.0968. The van der Waals surface area contributed by atoms with Crippen LogP contribution in [0.5, 0.6) is 0 Å². The molecule has 1 rings (SSSR count). The molecule has 1 aliphatic rings. The lowest BCUT2D eigenvalue weighted by Gasteiger charge is -2.39. The molecule has 0 aromatic heterocycles. The maximum absolute atomic E-state index is 12.1. The van der Waals surface area contributed by atoms with Crippen molar-refractivity contribution in [1.29, 1.82) is 0 Å². The molecule has 4 heteroatoms. The number of hydrogen-bond acceptors (Lipinski definition) is 2. The maximum Gasteiger partial charge on any atom is 0.320 e. The summed E-state index contributed by atoms with van der Waals surface area (Å²) in [5, 5.41) is 0. The van der Waals surface area contributed by atoms with Crippen molar-refractivity contribution in [2.45, 2.75) is 26.3 Å². The SMILES string of the molecule is CN1CCN(C(=O)N(C)C(C)(C)C)CC1. The summed E-state index contributed by atoms with van der Waals surface area (Å²) in [6.07, 6.45) is 0. The molecular formula is C11H23N3O. The molecule has 0 saturated carbocycles. The Kier molecular flexibility index (Phi) is 3.60. The third kappa shape index (κ3) is 3.09. The van der Waals surface area contributed by atoms with Gasteiger partial charge in [0, 0.05) is 38.8 Å². The molecule has 0 radical (unpaired) electrons. The van der Waals surface area contributed by atoms with E-state index in [2.05, 4.69) is 32.7 Å². The standard InChI is InChI=1S/C11H23N3O/c1-11(2,3)13(5)10(15)14-8-6-12(4)7-9-14/h6-9H2,1-5H3. The van der Waals surface area contributed by atoms with Gasteiger partial charge in [0.1, 0.15) is 0 Å². The fraction of sp³-hybridized carbons (Fsp3) is 0.909. The van der Waals surface area contributed by atoms with E-state index in [0.717, 1.165) is 26.2 Å². The Morgan fingerprint density at radius 2 is 1.60 bits per heavy atom. The zero-order valence-corrected chi connectivity index (χ0v) is 10.6. The van der Waals surface area contributed by atoms with E-state index in [9.17, 15) is 4.79 Å². The van der Waals surface area contributed by atoms with E-state index < -0.39 is 0 Å². The molecule has 0 bridgehead atoms. The van der Waals surface area contributed by atoms with Crippen molar-refractivity contribution in [2.24, 2.45) is 0 Å². The number of nitrogens with zero attached hydrogens (tertiary/aromatic N) is 3. The Morgan fingerprint density at radius 1 is 1.13 bits per heavy atom. The van der Waals surface area contributed by atoms with Crippen LogP contribution in [-0.2, 0) is 0 Å². The van der Waals surface area contributed by atoms with E-state index in [0.29, 0.717) is 0 Å².